The van der Waals surface area contributed by atoms with Gasteiger partial charge in [0, 0.05) is 11.6 Å². The standard InChI is InChI=1S/C10H13ClF2N2O3S/c11-7-1-2-9(8(14)5-7)19(17,18)15(3-4-16)6-10(12)13/h1-2,5,10,16H,3-4,6,14H2. The van der Waals surface area contributed by atoms with Crippen LogP contribution >= 0.6 is 11.6 Å². The fourth-order valence-corrected chi connectivity index (χ4v) is 3.15. The predicted octanol–water partition coefficient (Wildman–Crippen LogP) is 1.17. The summed E-state index contributed by atoms with van der Waals surface area (Å²) in [5.41, 5.74) is 5.40. The molecule has 0 aromatic heterocycles. The normalized spacial score (nSPS) is 12.3. The summed E-state index contributed by atoms with van der Waals surface area (Å²) in [4.78, 5) is -0.314. The van der Waals surface area contributed by atoms with Gasteiger partial charge in [0.05, 0.1) is 18.8 Å². The van der Waals surface area contributed by atoms with Gasteiger partial charge in [0.1, 0.15) is 4.90 Å². The number of hydrogen-bond donors (Lipinski definition) is 2. The number of nitrogens with zero attached hydrogens (tertiary/aromatic N) is 1. The highest BCUT2D eigenvalue weighted by Gasteiger charge is 2.28. The van der Waals surface area contributed by atoms with Crippen molar-refractivity contribution in [2.75, 3.05) is 25.4 Å². The average Bonchev–Trinajstić information content (AvgIpc) is 2.27. The third-order valence-corrected chi connectivity index (χ3v) is 4.45. The van der Waals surface area contributed by atoms with Gasteiger partial charge in [0.2, 0.25) is 10.0 Å². The molecule has 5 nitrogen and oxygen atoms in total. The second-order valence-electron chi connectivity index (χ2n) is 3.66. The molecule has 1 aromatic carbocycles. The van der Waals surface area contributed by atoms with E-state index in [0.29, 0.717) is 4.31 Å². The van der Waals surface area contributed by atoms with E-state index in [0.717, 1.165) is 6.07 Å². The van der Waals surface area contributed by atoms with Gasteiger partial charge < -0.3 is 10.8 Å². The van der Waals surface area contributed by atoms with E-state index in [1.165, 1.54) is 12.1 Å². The zero-order chi connectivity index (χ0) is 14.6. The lowest BCUT2D eigenvalue weighted by atomic mass is 10.3. The third-order valence-electron chi connectivity index (χ3n) is 2.28. The van der Waals surface area contributed by atoms with Gasteiger partial charge in [-0.1, -0.05) is 11.6 Å². The summed E-state index contributed by atoms with van der Waals surface area (Å²) in [6.07, 6.45) is -2.85. The molecule has 0 aliphatic heterocycles. The quantitative estimate of drug-likeness (QED) is 0.772. The maximum atomic E-state index is 12.4. The molecule has 0 radical (unpaired) electrons. The van der Waals surface area contributed by atoms with Gasteiger partial charge in [-0.05, 0) is 18.2 Å². The molecule has 0 unspecified atom stereocenters. The summed E-state index contributed by atoms with van der Waals surface area (Å²) in [5, 5.41) is 9.01. The fourth-order valence-electron chi connectivity index (χ4n) is 1.47. The first-order valence-electron chi connectivity index (χ1n) is 5.23. The number of hydrogen-bond acceptors (Lipinski definition) is 4. The Morgan fingerprint density at radius 1 is 1.42 bits per heavy atom. The van der Waals surface area contributed by atoms with Crippen molar-refractivity contribution in [1.29, 1.82) is 0 Å². The van der Waals surface area contributed by atoms with Crippen molar-refractivity contribution in [2.24, 2.45) is 0 Å². The molecule has 0 fully saturated rings. The molecule has 9 heteroatoms. The SMILES string of the molecule is Nc1cc(Cl)ccc1S(=O)(=O)N(CCO)CC(F)F. The second kappa shape index (κ2) is 6.47. The molecule has 0 aliphatic carbocycles. The number of aliphatic hydroxyl groups excluding tert-OH is 1. The highest BCUT2D eigenvalue weighted by atomic mass is 35.5. The van der Waals surface area contributed by atoms with Crippen LogP contribution in [-0.4, -0.2) is 44.0 Å². The summed E-state index contributed by atoms with van der Waals surface area (Å²) in [7, 11) is -4.20. The highest BCUT2D eigenvalue weighted by Crippen LogP contribution is 2.25. The molecular weight excluding hydrogens is 302 g/mol. The van der Waals surface area contributed by atoms with Crippen molar-refractivity contribution < 1.29 is 22.3 Å². The molecule has 0 saturated heterocycles. The van der Waals surface area contributed by atoms with E-state index in [-0.39, 0.29) is 15.6 Å². The number of nitrogens with two attached hydrogens (primary N) is 1. The number of sulfonamides is 1. The molecule has 19 heavy (non-hydrogen) atoms. The van der Waals surface area contributed by atoms with Crippen molar-refractivity contribution in [3.05, 3.63) is 23.2 Å². The van der Waals surface area contributed by atoms with Crippen molar-refractivity contribution in [1.82, 2.24) is 4.31 Å². The molecule has 0 amide bonds. The van der Waals surface area contributed by atoms with Gasteiger partial charge in [-0.15, -0.1) is 0 Å². The lowest BCUT2D eigenvalue weighted by molar-refractivity contribution is 0.113. The lowest BCUT2D eigenvalue weighted by Gasteiger charge is -2.21. The van der Waals surface area contributed by atoms with Gasteiger partial charge in [-0.3, -0.25) is 0 Å². The minimum Gasteiger partial charge on any atom is -0.398 e. The van der Waals surface area contributed by atoms with Crippen LogP contribution in [0.1, 0.15) is 0 Å². The Hall–Kier alpha value is -0.960. The Morgan fingerprint density at radius 3 is 2.53 bits per heavy atom. The first-order chi connectivity index (χ1) is 8.78. The van der Waals surface area contributed by atoms with Gasteiger partial charge >= 0.3 is 0 Å². The molecule has 1 aromatic rings. The van der Waals surface area contributed by atoms with Crippen molar-refractivity contribution in [2.45, 2.75) is 11.3 Å². The van der Waals surface area contributed by atoms with E-state index in [9.17, 15) is 17.2 Å². The van der Waals surface area contributed by atoms with E-state index >= 15 is 0 Å². The molecule has 0 atom stereocenters. The van der Waals surface area contributed by atoms with Crippen molar-refractivity contribution >= 4 is 27.3 Å². The van der Waals surface area contributed by atoms with Crippen LogP contribution in [0.5, 0.6) is 0 Å². The first-order valence-corrected chi connectivity index (χ1v) is 7.05. The van der Waals surface area contributed by atoms with E-state index in [1.807, 2.05) is 0 Å². The van der Waals surface area contributed by atoms with Gasteiger partial charge in [-0.2, -0.15) is 4.31 Å². The minimum absolute atomic E-state index is 0.135. The largest absolute Gasteiger partial charge is 0.398 e. The number of nitrogen functional groups attached to an aromatic ring is 1. The topological polar surface area (TPSA) is 83.6 Å². The van der Waals surface area contributed by atoms with Crippen molar-refractivity contribution in [3.8, 4) is 0 Å². The lowest BCUT2D eigenvalue weighted by Crippen LogP contribution is -2.37. The molecule has 108 valence electrons. The summed E-state index contributed by atoms with van der Waals surface area (Å²) < 4.78 is 49.5. The second-order valence-corrected chi connectivity index (χ2v) is 6.00. The average molecular weight is 315 g/mol. The van der Waals surface area contributed by atoms with Crippen LogP contribution in [0.3, 0.4) is 0 Å². The summed E-state index contributed by atoms with van der Waals surface area (Å²) >= 11 is 5.64. The monoisotopic (exact) mass is 314 g/mol. The van der Waals surface area contributed by atoms with Crippen molar-refractivity contribution in [3.63, 3.8) is 0 Å². The molecule has 3 N–H and O–H groups in total. The van der Waals surface area contributed by atoms with E-state index < -0.39 is 36.1 Å². The number of anilines is 1. The van der Waals surface area contributed by atoms with E-state index in [4.69, 9.17) is 22.4 Å². The smallest absolute Gasteiger partial charge is 0.252 e. The number of rotatable bonds is 6. The Bertz CT molecular complexity index is 540. The summed E-state index contributed by atoms with van der Waals surface area (Å²) in [5.74, 6) is 0. The van der Waals surface area contributed by atoms with Crippen LogP contribution in [0.2, 0.25) is 5.02 Å². The van der Waals surface area contributed by atoms with Crippen LogP contribution in [0.4, 0.5) is 14.5 Å². The number of benzene rings is 1. The first kappa shape index (κ1) is 16.1. The van der Waals surface area contributed by atoms with Gasteiger partial charge in [-0.25, -0.2) is 17.2 Å². The van der Waals surface area contributed by atoms with Gasteiger partial charge in [0.25, 0.3) is 6.43 Å². The molecule has 0 aliphatic rings. The van der Waals surface area contributed by atoms with E-state index in [2.05, 4.69) is 0 Å². The van der Waals surface area contributed by atoms with Crippen LogP contribution < -0.4 is 5.73 Å². The Balaban J connectivity index is 3.18. The predicted molar refractivity (Wildman–Crippen MR) is 67.7 cm³/mol. The zero-order valence-corrected chi connectivity index (χ0v) is 11.3. The minimum atomic E-state index is -4.20. The number of halogens is 3. The molecule has 0 saturated carbocycles. The molecule has 0 heterocycles. The van der Waals surface area contributed by atoms with Crippen LogP contribution in [0, 0.1) is 0 Å². The van der Waals surface area contributed by atoms with Crippen LogP contribution in [0.25, 0.3) is 0 Å². The summed E-state index contributed by atoms with van der Waals surface area (Å²) in [6.45, 7) is -2.01. The molecule has 0 spiro atoms. The van der Waals surface area contributed by atoms with Crippen LogP contribution in [0.15, 0.2) is 23.1 Å². The van der Waals surface area contributed by atoms with E-state index in [1.54, 1.807) is 0 Å². The fraction of sp³-hybridized carbons (Fsp3) is 0.400. The highest BCUT2D eigenvalue weighted by molar-refractivity contribution is 7.89. The maximum Gasteiger partial charge on any atom is 0.252 e. The molecule has 0 bridgehead atoms. The zero-order valence-electron chi connectivity index (χ0n) is 9.76. The molecular formula is C10H13ClF2N2O3S. The van der Waals surface area contributed by atoms with Gasteiger partial charge in [0.15, 0.2) is 0 Å². The Morgan fingerprint density at radius 2 is 2.05 bits per heavy atom. The maximum absolute atomic E-state index is 12.4. The molecule has 1 rings (SSSR count). The number of alkyl halides is 2. The summed E-state index contributed by atoms with van der Waals surface area (Å²) in [6, 6.07) is 3.65. The third kappa shape index (κ3) is 4.00. The Labute approximate surface area is 114 Å². The van der Waals surface area contributed by atoms with Crippen LogP contribution in [-0.2, 0) is 10.0 Å². The number of aliphatic hydroxyl groups is 1. The Kier molecular flexibility index (Phi) is 5.48.